The normalized spacial score (nSPS) is 12.7. The predicted molar refractivity (Wildman–Crippen MR) is 357 cm³/mol. The maximum Gasteiger partial charge on any atom is 0.306 e. The van der Waals surface area contributed by atoms with Crippen LogP contribution in [0.1, 0.15) is 348 Å². The molecular weight excluding hydrogens is 1010 g/mol. The van der Waals surface area contributed by atoms with Crippen LogP contribution in [-0.2, 0) is 28.6 Å². The van der Waals surface area contributed by atoms with Gasteiger partial charge < -0.3 is 14.2 Å². The van der Waals surface area contributed by atoms with Gasteiger partial charge in [0.15, 0.2) is 6.10 Å². The average Bonchev–Trinajstić information content (AvgIpc) is 3.48. The molecule has 0 aromatic heterocycles. The van der Waals surface area contributed by atoms with Crippen molar-refractivity contribution >= 4 is 17.9 Å². The summed E-state index contributed by atoms with van der Waals surface area (Å²) in [4.78, 5) is 38.3. The lowest BCUT2D eigenvalue weighted by atomic mass is 10.0. The lowest BCUT2D eigenvalue weighted by Crippen LogP contribution is -2.30. The van der Waals surface area contributed by atoms with Crippen molar-refractivity contribution in [3.63, 3.8) is 0 Å². The number of esters is 3. The Morgan fingerprint density at radius 3 is 0.805 bits per heavy atom. The number of rotatable bonds is 64. The Kier molecular flexibility index (Phi) is 66.7. The molecule has 6 heteroatoms. The molecule has 82 heavy (non-hydrogen) atoms. The predicted octanol–water partition coefficient (Wildman–Crippen LogP) is 24.4. The number of allylic oxidation sites excluding steroid dienone is 16. The second-order valence-electron chi connectivity index (χ2n) is 23.4. The van der Waals surface area contributed by atoms with Crippen molar-refractivity contribution < 1.29 is 28.6 Å². The fraction of sp³-hybridized carbons (Fsp3) is 0.750. The van der Waals surface area contributed by atoms with E-state index >= 15 is 0 Å². The van der Waals surface area contributed by atoms with Crippen LogP contribution in [0.4, 0.5) is 0 Å². The fourth-order valence-corrected chi connectivity index (χ4v) is 10.1. The van der Waals surface area contributed by atoms with Crippen LogP contribution in [0, 0.1) is 0 Å². The van der Waals surface area contributed by atoms with Gasteiger partial charge in [0.25, 0.3) is 0 Å². The molecule has 0 amide bonds. The maximum atomic E-state index is 12.9. The third-order valence-electron chi connectivity index (χ3n) is 15.3. The van der Waals surface area contributed by atoms with Gasteiger partial charge in [-0.25, -0.2) is 0 Å². The van der Waals surface area contributed by atoms with Crippen molar-refractivity contribution in [3.05, 3.63) is 97.2 Å². The van der Waals surface area contributed by atoms with E-state index in [1.807, 2.05) is 0 Å². The molecule has 1 atom stereocenters. The standard InChI is InChI=1S/C76H132O6/c1-4-7-10-13-16-19-22-24-26-28-30-32-34-36-37-38-39-41-42-44-46-48-50-52-54-57-60-63-66-69-75(78)81-72-73(71-80-74(77)68-65-62-59-56-21-18-15-12-9-6-3)82-76(79)70-67-64-61-58-55-53-51-49-47-45-43-40-35-33-31-29-27-25-23-20-17-14-11-8-5-2/h7,10,12,15-16,19,24,26,30,32,36-37,39,41,44,46,73H,4-6,8-9,11,13-14,17-18,20-23,25,27-29,31,33-35,38,40,42-43,45,47-72H2,1-3H3/b10-7-,15-12-,19-16-,26-24-,32-30-,37-36-,41-39-,46-44-. The smallest absolute Gasteiger partial charge is 0.306 e. The fourth-order valence-electron chi connectivity index (χ4n) is 10.1. The van der Waals surface area contributed by atoms with E-state index in [0.29, 0.717) is 19.3 Å². The van der Waals surface area contributed by atoms with E-state index in [1.54, 1.807) is 0 Å². The largest absolute Gasteiger partial charge is 0.462 e. The molecule has 0 aromatic carbocycles. The van der Waals surface area contributed by atoms with Gasteiger partial charge in [0.2, 0.25) is 0 Å². The molecule has 0 aromatic rings. The van der Waals surface area contributed by atoms with Crippen LogP contribution in [0.3, 0.4) is 0 Å². The van der Waals surface area contributed by atoms with Crippen molar-refractivity contribution in [3.8, 4) is 0 Å². The van der Waals surface area contributed by atoms with Crippen molar-refractivity contribution in [2.24, 2.45) is 0 Å². The van der Waals surface area contributed by atoms with Crippen LogP contribution in [0.15, 0.2) is 97.2 Å². The summed E-state index contributed by atoms with van der Waals surface area (Å²) in [6, 6.07) is 0. The van der Waals surface area contributed by atoms with Crippen LogP contribution in [0.2, 0.25) is 0 Å². The summed E-state index contributed by atoms with van der Waals surface area (Å²) < 4.78 is 16.9. The van der Waals surface area contributed by atoms with E-state index in [4.69, 9.17) is 14.2 Å². The average molecular weight is 1140 g/mol. The van der Waals surface area contributed by atoms with E-state index < -0.39 is 6.10 Å². The molecule has 472 valence electrons. The Morgan fingerprint density at radius 1 is 0.256 bits per heavy atom. The first kappa shape index (κ1) is 78.3. The van der Waals surface area contributed by atoms with E-state index in [9.17, 15) is 14.4 Å². The van der Waals surface area contributed by atoms with Crippen LogP contribution in [0.25, 0.3) is 0 Å². The van der Waals surface area contributed by atoms with Crippen LogP contribution in [-0.4, -0.2) is 37.2 Å². The second-order valence-corrected chi connectivity index (χ2v) is 23.4. The summed E-state index contributed by atoms with van der Waals surface area (Å²) in [5.41, 5.74) is 0. The van der Waals surface area contributed by atoms with Gasteiger partial charge in [-0.05, 0) is 96.3 Å². The first-order valence-corrected chi connectivity index (χ1v) is 35.2. The van der Waals surface area contributed by atoms with Gasteiger partial charge in [-0.1, -0.05) is 330 Å². The highest BCUT2D eigenvalue weighted by molar-refractivity contribution is 5.71. The minimum atomic E-state index is -0.785. The molecule has 0 fully saturated rings. The second kappa shape index (κ2) is 69.8. The SMILES string of the molecule is CC/C=C\C/C=C\C/C=C\C/C=C\C/C=C\C/C=C\C/C=C\CCCCCCCCCC(=O)OCC(COC(=O)CCCCCCC/C=C\CCC)OC(=O)CCCCCCCCCCCCCCCCCCCCCCCCCCC. The highest BCUT2D eigenvalue weighted by atomic mass is 16.6. The maximum absolute atomic E-state index is 12.9. The molecule has 0 aliphatic heterocycles. The summed E-state index contributed by atoms with van der Waals surface area (Å²) >= 11 is 0. The molecular formula is C76H132O6. The van der Waals surface area contributed by atoms with E-state index in [1.165, 1.54) is 186 Å². The van der Waals surface area contributed by atoms with Gasteiger partial charge >= 0.3 is 17.9 Å². The van der Waals surface area contributed by atoms with E-state index in [0.717, 1.165) is 122 Å². The van der Waals surface area contributed by atoms with Gasteiger partial charge in [0, 0.05) is 19.3 Å². The van der Waals surface area contributed by atoms with Crippen LogP contribution < -0.4 is 0 Å². The van der Waals surface area contributed by atoms with E-state index in [-0.39, 0.29) is 31.1 Å². The monoisotopic (exact) mass is 1140 g/mol. The van der Waals surface area contributed by atoms with Gasteiger partial charge in [-0.2, -0.15) is 0 Å². The summed E-state index contributed by atoms with van der Waals surface area (Å²) in [5.74, 6) is -0.889. The van der Waals surface area contributed by atoms with Crippen LogP contribution >= 0.6 is 0 Å². The number of carbonyl (C=O) groups excluding carboxylic acids is 3. The number of hydrogen-bond acceptors (Lipinski definition) is 6. The zero-order valence-corrected chi connectivity index (χ0v) is 54.2. The first-order chi connectivity index (χ1) is 40.5. The van der Waals surface area contributed by atoms with E-state index in [2.05, 4.69) is 118 Å². The zero-order valence-electron chi connectivity index (χ0n) is 54.2. The Balaban J connectivity index is 4.22. The topological polar surface area (TPSA) is 78.9 Å². The number of ether oxygens (including phenoxy) is 3. The third-order valence-corrected chi connectivity index (χ3v) is 15.3. The molecule has 0 aliphatic carbocycles. The highest BCUT2D eigenvalue weighted by Crippen LogP contribution is 2.18. The van der Waals surface area contributed by atoms with Gasteiger partial charge in [0.1, 0.15) is 13.2 Å². The molecule has 6 nitrogen and oxygen atoms in total. The Morgan fingerprint density at radius 2 is 0.500 bits per heavy atom. The molecule has 0 spiro atoms. The number of unbranched alkanes of at least 4 members (excludes halogenated alkanes) is 37. The van der Waals surface area contributed by atoms with Crippen molar-refractivity contribution in [1.82, 2.24) is 0 Å². The summed E-state index contributed by atoms with van der Waals surface area (Å²) in [5, 5.41) is 0. The lowest BCUT2D eigenvalue weighted by Gasteiger charge is -2.18. The summed E-state index contributed by atoms with van der Waals surface area (Å²) in [6.45, 7) is 6.49. The third kappa shape index (κ3) is 67.1. The van der Waals surface area contributed by atoms with Crippen molar-refractivity contribution in [1.29, 1.82) is 0 Å². The van der Waals surface area contributed by atoms with Crippen LogP contribution in [0.5, 0.6) is 0 Å². The van der Waals surface area contributed by atoms with Crippen molar-refractivity contribution in [2.75, 3.05) is 13.2 Å². The zero-order chi connectivity index (χ0) is 59.2. The summed E-state index contributed by atoms with van der Waals surface area (Å²) in [6.07, 6.45) is 94.5. The Hall–Kier alpha value is -3.67. The molecule has 0 heterocycles. The van der Waals surface area contributed by atoms with Gasteiger partial charge in [0.05, 0.1) is 0 Å². The van der Waals surface area contributed by atoms with Gasteiger partial charge in [-0.15, -0.1) is 0 Å². The molecule has 0 radical (unpaired) electrons. The molecule has 0 saturated heterocycles. The summed E-state index contributed by atoms with van der Waals surface area (Å²) in [7, 11) is 0. The first-order valence-electron chi connectivity index (χ1n) is 35.2. The molecule has 0 rings (SSSR count). The molecule has 0 saturated carbocycles. The molecule has 0 N–H and O–H groups in total. The molecule has 1 unspecified atom stereocenters. The number of carbonyl (C=O) groups is 3. The quantitative estimate of drug-likeness (QED) is 0.0261. The number of hydrogen-bond donors (Lipinski definition) is 0. The molecule has 0 bridgehead atoms. The Bertz CT molecular complexity index is 1590. The molecule has 0 aliphatic rings. The lowest BCUT2D eigenvalue weighted by molar-refractivity contribution is -0.167. The minimum absolute atomic E-state index is 0.0826. The Labute approximate surface area is 508 Å². The highest BCUT2D eigenvalue weighted by Gasteiger charge is 2.19. The van der Waals surface area contributed by atoms with Gasteiger partial charge in [-0.3, -0.25) is 14.4 Å². The minimum Gasteiger partial charge on any atom is -0.462 e. The van der Waals surface area contributed by atoms with Crippen molar-refractivity contribution in [2.45, 2.75) is 354 Å².